The lowest BCUT2D eigenvalue weighted by Crippen LogP contribution is -2.28. The standard InChI is InChI=1S/C14H13N3OS/c1-17(7-5-13-16-6-8-19-13)14(18)12-4-2-3-11(9-12)10-15/h2-4,6,8-9H,5,7H2,1H3. The maximum absolute atomic E-state index is 12.2. The van der Waals surface area contributed by atoms with E-state index in [-0.39, 0.29) is 5.91 Å². The molecule has 0 saturated carbocycles. The largest absolute Gasteiger partial charge is 0.341 e. The summed E-state index contributed by atoms with van der Waals surface area (Å²) in [6.07, 6.45) is 2.51. The predicted molar refractivity (Wildman–Crippen MR) is 73.9 cm³/mol. The monoisotopic (exact) mass is 271 g/mol. The minimum absolute atomic E-state index is 0.0753. The average molecular weight is 271 g/mol. The summed E-state index contributed by atoms with van der Waals surface area (Å²) in [4.78, 5) is 18.0. The Hall–Kier alpha value is -2.19. The Bertz CT molecular complexity index is 601. The summed E-state index contributed by atoms with van der Waals surface area (Å²) in [6.45, 7) is 0.614. The molecule has 1 heterocycles. The van der Waals surface area contributed by atoms with Gasteiger partial charge in [0, 0.05) is 37.2 Å². The Morgan fingerprint density at radius 2 is 2.37 bits per heavy atom. The van der Waals surface area contributed by atoms with Crippen LogP contribution in [-0.4, -0.2) is 29.4 Å². The molecule has 0 aliphatic rings. The maximum atomic E-state index is 12.2. The van der Waals surface area contributed by atoms with Crippen LogP contribution in [0, 0.1) is 11.3 Å². The molecule has 19 heavy (non-hydrogen) atoms. The molecule has 0 N–H and O–H groups in total. The quantitative estimate of drug-likeness (QED) is 0.857. The van der Waals surface area contributed by atoms with Gasteiger partial charge in [0.05, 0.1) is 16.6 Å². The Labute approximate surface area is 115 Å². The number of likely N-dealkylation sites (N-methyl/N-ethyl adjacent to an activating group) is 1. The van der Waals surface area contributed by atoms with Crippen LogP contribution < -0.4 is 0 Å². The third-order valence-electron chi connectivity index (χ3n) is 2.73. The summed E-state index contributed by atoms with van der Waals surface area (Å²) in [6, 6.07) is 8.78. The Kier molecular flexibility index (Phi) is 4.26. The molecule has 0 bridgehead atoms. The second-order valence-corrected chi connectivity index (χ2v) is 5.07. The third kappa shape index (κ3) is 3.39. The van der Waals surface area contributed by atoms with Gasteiger partial charge in [0.2, 0.25) is 0 Å². The fraction of sp³-hybridized carbons (Fsp3) is 0.214. The molecule has 0 aliphatic carbocycles. The van der Waals surface area contributed by atoms with Gasteiger partial charge in [-0.3, -0.25) is 4.79 Å². The molecule has 0 aliphatic heterocycles. The molecule has 4 nitrogen and oxygen atoms in total. The second kappa shape index (κ2) is 6.12. The molecule has 0 fully saturated rings. The number of carbonyl (C=O) groups excluding carboxylic acids is 1. The molecule has 2 aromatic rings. The number of amides is 1. The Morgan fingerprint density at radius 3 is 3.05 bits per heavy atom. The van der Waals surface area contributed by atoms with Crippen molar-refractivity contribution in [3.05, 3.63) is 52.0 Å². The van der Waals surface area contributed by atoms with Crippen LogP contribution >= 0.6 is 11.3 Å². The molecule has 1 aromatic carbocycles. The van der Waals surface area contributed by atoms with Crippen LogP contribution in [0.3, 0.4) is 0 Å². The summed E-state index contributed by atoms with van der Waals surface area (Å²) < 4.78 is 0. The minimum atomic E-state index is -0.0753. The van der Waals surface area contributed by atoms with E-state index in [1.807, 2.05) is 11.4 Å². The summed E-state index contributed by atoms with van der Waals surface area (Å²) in [5, 5.41) is 11.8. The van der Waals surface area contributed by atoms with E-state index in [2.05, 4.69) is 4.98 Å². The van der Waals surface area contributed by atoms with Crippen LogP contribution in [-0.2, 0) is 6.42 Å². The van der Waals surface area contributed by atoms with Gasteiger partial charge < -0.3 is 4.90 Å². The van der Waals surface area contributed by atoms with E-state index in [1.54, 1.807) is 53.7 Å². The lowest BCUT2D eigenvalue weighted by molar-refractivity contribution is 0.0796. The highest BCUT2D eigenvalue weighted by atomic mass is 32.1. The molecule has 0 radical (unpaired) electrons. The molecule has 96 valence electrons. The van der Waals surface area contributed by atoms with Gasteiger partial charge in [0.25, 0.3) is 5.91 Å². The fourth-order valence-electron chi connectivity index (χ4n) is 1.68. The van der Waals surface area contributed by atoms with E-state index >= 15 is 0 Å². The minimum Gasteiger partial charge on any atom is -0.341 e. The van der Waals surface area contributed by atoms with Crippen molar-refractivity contribution in [2.24, 2.45) is 0 Å². The molecule has 2 rings (SSSR count). The molecule has 1 aromatic heterocycles. The zero-order valence-corrected chi connectivity index (χ0v) is 11.4. The van der Waals surface area contributed by atoms with Crippen LogP contribution in [0.5, 0.6) is 0 Å². The van der Waals surface area contributed by atoms with Gasteiger partial charge in [0.1, 0.15) is 0 Å². The molecule has 0 atom stereocenters. The summed E-state index contributed by atoms with van der Waals surface area (Å²) in [7, 11) is 1.76. The third-order valence-corrected chi connectivity index (χ3v) is 3.57. The van der Waals surface area contributed by atoms with Crippen LogP contribution in [0.1, 0.15) is 20.9 Å². The van der Waals surface area contributed by atoms with Gasteiger partial charge >= 0.3 is 0 Å². The van der Waals surface area contributed by atoms with Crippen molar-refractivity contribution in [1.29, 1.82) is 5.26 Å². The number of rotatable bonds is 4. The summed E-state index contributed by atoms with van der Waals surface area (Å²) >= 11 is 1.59. The zero-order valence-electron chi connectivity index (χ0n) is 10.5. The first-order valence-electron chi connectivity index (χ1n) is 5.84. The number of benzene rings is 1. The first-order chi connectivity index (χ1) is 9.20. The highest BCUT2D eigenvalue weighted by Crippen LogP contribution is 2.09. The lowest BCUT2D eigenvalue weighted by atomic mass is 10.1. The topological polar surface area (TPSA) is 57.0 Å². The van der Waals surface area contributed by atoms with Gasteiger partial charge in [0.15, 0.2) is 0 Å². The molecule has 0 spiro atoms. The molecular weight excluding hydrogens is 258 g/mol. The van der Waals surface area contributed by atoms with Crippen molar-refractivity contribution in [1.82, 2.24) is 9.88 Å². The van der Waals surface area contributed by atoms with Crippen LogP contribution in [0.4, 0.5) is 0 Å². The van der Waals surface area contributed by atoms with E-state index < -0.39 is 0 Å². The average Bonchev–Trinajstić information content (AvgIpc) is 2.97. The SMILES string of the molecule is CN(CCc1nccs1)C(=O)c1cccc(C#N)c1. The number of carbonyl (C=O) groups is 1. The van der Waals surface area contributed by atoms with E-state index in [1.165, 1.54) is 0 Å². The summed E-state index contributed by atoms with van der Waals surface area (Å²) in [5.74, 6) is -0.0753. The van der Waals surface area contributed by atoms with Crippen molar-refractivity contribution in [2.45, 2.75) is 6.42 Å². The van der Waals surface area contributed by atoms with Crippen molar-refractivity contribution in [3.8, 4) is 6.07 Å². The molecule has 1 amide bonds. The lowest BCUT2D eigenvalue weighted by Gasteiger charge is -2.16. The van der Waals surface area contributed by atoms with Crippen molar-refractivity contribution in [3.63, 3.8) is 0 Å². The normalized spacial score (nSPS) is 9.89. The number of nitriles is 1. The maximum Gasteiger partial charge on any atom is 0.253 e. The van der Waals surface area contributed by atoms with E-state index in [9.17, 15) is 4.79 Å². The van der Waals surface area contributed by atoms with Crippen LogP contribution in [0.25, 0.3) is 0 Å². The Balaban J connectivity index is 2.00. The van der Waals surface area contributed by atoms with Crippen molar-refractivity contribution in [2.75, 3.05) is 13.6 Å². The number of hydrogen-bond donors (Lipinski definition) is 0. The van der Waals surface area contributed by atoms with Gasteiger partial charge in [-0.05, 0) is 18.2 Å². The van der Waals surface area contributed by atoms with Gasteiger partial charge in [-0.25, -0.2) is 4.98 Å². The van der Waals surface area contributed by atoms with Crippen molar-refractivity contribution >= 4 is 17.2 Å². The summed E-state index contributed by atoms with van der Waals surface area (Å²) in [5.41, 5.74) is 1.04. The van der Waals surface area contributed by atoms with E-state index in [0.717, 1.165) is 11.4 Å². The van der Waals surface area contributed by atoms with Gasteiger partial charge in [-0.1, -0.05) is 6.07 Å². The number of nitrogens with zero attached hydrogens (tertiary/aromatic N) is 3. The first-order valence-corrected chi connectivity index (χ1v) is 6.72. The molecular formula is C14H13N3OS. The fourth-order valence-corrected chi connectivity index (χ4v) is 2.29. The molecule has 0 saturated heterocycles. The number of thiazole rings is 1. The molecule has 5 heteroatoms. The van der Waals surface area contributed by atoms with E-state index in [4.69, 9.17) is 5.26 Å². The molecule has 0 unspecified atom stereocenters. The smallest absolute Gasteiger partial charge is 0.253 e. The van der Waals surface area contributed by atoms with Crippen LogP contribution in [0.15, 0.2) is 35.8 Å². The first kappa shape index (κ1) is 13.2. The van der Waals surface area contributed by atoms with Crippen LogP contribution in [0.2, 0.25) is 0 Å². The highest BCUT2D eigenvalue weighted by molar-refractivity contribution is 7.09. The predicted octanol–water partition coefficient (Wildman–Crippen LogP) is 2.33. The zero-order chi connectivity index (χ0) is 13.7. The Morgan fingerprint density at radius 1 is 1.53 bits per heavy atom. The number of hydrogen-bond acceptors (Lipinski definition) is 4. The van der Waals surface area contributed by atoms with Gasteiger partial charge in [-0.15, -0.1) is 11.3 Å². The van der Waals surface area contributed by atoms with Crippen molar-refractivity contribution < 1.29 is 4.79 Å². The number of aromatic nitrogens is 1. The highest BCUT2D eigenvalue weighted by Gasteiger charge is 2.12. The van der Waals surface area contributed by atoms with Gasteiger partial charge in [-0.2, -0.15) is 5.26 Å². The van der Waals surface area contributed by atoms with E-state index in [0.29, 0.717) is 17.7 Å². The second-order valence-electron chi connectivity index (χ2n) is 4.10.